The molecule has 0 aliphatic carbocycles. The van der Waals surface area contributed by atoms with Gasteiger partial charge in [0, 0.05) is 31.4 Å². The zero-order valence-corrected chi connectivity index (χ0v) is 14.7. The zero-order valence-electron chi connectivity index (χ0n) is 14.7. The fourth-order valence-corrected chi connectivity index (χ4v) is 2.95. The molecule has 3 heteroatoms. The Morgan fingerprint density at radius 2 is 2.05 bits per heavy atom. The van der Waals surface area contributed by atoms with Crippen LogP contribution < -0.4 is 5.32 Å². The maximum atomic E-state index is 4.61. The number of hydrogen-bond acceptors (Lipinski definition) is 3. The molecule has 0 saturated carbocycles. The Balaban J connectivity index is 2.60. The van der Waals surface area contributed by atoms with Crippen molar-refractivity contribution in [2.75, 3.05) is 20.1 Å². The third kappa shape index (κ3) is 7.05. The van der Waals surface area contributed by atoms with E-state index in [0.717, 1.165) is 31.0 Å². The highest BCUT2D eigenvalue weighted by Crippen LogP contribution is 2.24. The number of aryl methyl sites for hydroxylation is 1. The summed E-state index contributed by atoms with van der Waals surface area (Å²) in [4.78, 5) is 7.01. The summed E-state index contributed by atoms with van der Waals surface area (Å²) in [5.74, 6) is 0. The summed E-state index contributed by atoms with van der Waals surface area (Å²) in [6, 6.07) is 6.81. The smallest absolute Gasteiger partial charge is 0.0547 e. The molecule has 0 aliphatic heterocycles. The van der Waals surface area contributed by atoms with Crippen LogP contribution in [0.2, 0.25) is 0 Å². The average molecular weight is 291 g/mol. The molecule has 1 aromatic heterocycles. The Kier molecular flexibility index (Phi) is 7.33. The Bertz CT molecular complexity index is 417. The second-order valence-electron chi connectivity index (χ2n) is 7.04. The van der Waals surface area contributed by atoms with E-state index in [1.54, 1.807) is 0 Å². The quantitative estimate of drug-likeness (QED) is 0.753. The van der Waals surface area contributed by atoms with Crippen LogP contribution in [-0.4, -0.2) is 36.1 Å². The van der Waals surface area contributed by atoms with Crippen molar-refractivity contribution in [2.24, 2.45) is 5.41 Å². The monoisotopic (exact) mass is 291 g/mol. The lowest BCUT2D eigenvalue weighted by Crippen LogP contribution is -2.42. The molecule has 1 N–H and O–H groups in total. The summed E-state index contributed by atoms with van der Waals surface area (Å²) in [6.07, 6.45) is 2.48. The van der Waals surface area contributed by atoms with Crippen molar-refractivity contribution in [1.29, 1.82) is 0 Å². The summed E-state index contributed by atoms with van der Waals surface area (Å²) >= 11 is 0. The lowest BCUT2D eigenvalue weighted by Gasteiger charge is -2.34. The van der Waals surface area contributed by atoms with Crippen LogP contribution in [0.15, 0.2) is 18.2 Å². The van der Waals surface area contributed by atoms with Crippen LogP contribution in [-0.2, 0) is 6.54 Å². The molecule has 1 atom stereocenters. The van der Waals surface area contributed by atoms with Gasteiger partial charge in [-0.2, -0.15) is 0 Å². The van der Waals surface area contributed by atoms with E-state index in [9.17, 15) is 0 Å². The largest absolute Gasteiger partial charge is 0.314 e. The molecule has 0 radical (unpaired) electrons. The van der Waals surface area contributed by atoms with E-state index in [1.807, 2.05) is 0 Å². The molecule has 1 unspecified atom stereocenters. The molecule has 0 spiro atoms. The summed E-state index contributed by atoms with van der Waals surface area (Å²) in [7, 11) is 2.20. The van der Waals surface area contributed by atoms with Crippen LogP contribution in [0, 0.1) is 12.3 Å². The number of hydrogen-bond donors (Lipinski definition) is 1. The summed E-state index contributed by atoms with van der Waals surface area (Å²) in [5.41, 5.74) is 2.57. The van der Waals surface area contributed by atoms with Crippen LogP contribution in [0.1, 0.15) is 51.9 Å². The highest BCUT2D eigenvalue weighted by Gasteiger charge is 2.25. The predicted molar refractivity (Wildman–Crippen MR) is 91.5 cm³/mol. The molecule has 0 fully saturated rings. The maximum Gasteiger partial charge on any atom is 0.0547 e. The van der Waals surface area contributed by atoms with Gasteiger partial charge in [-0.1, -0.05) is 40.2 Å². The van der Waals surface area contributed by atoms with Gasteiger partial charge in [0.1, 0.15) is 0 Å². The first-order valence-corrected chi connectivity index (χ1v) is 8.19. The summed E-state index contributed by atoms with van der Waals surface area (Å²) < 4.78 is 0. The zero-order chi connectivity index (χ0) is 15.9. The van der Waals surface area contributed by atoms with Gasteiger partial charge in [0.2, 0.25) is 0 Å². The van der Waals surface area contributed by atoms with Gasteiger partial charge < -0.3 is 5.32 Å². The molecular formula is C18H33N3. The summed E-state index contributed by atoms with van der Waals surface area (Å²) in [6.45, 7) is 14.2. The maximum absolute atomic E-state index is 4.61. The first kappa shape index (κ1) is 18.1. The lowest BCUT2D eigenvalue weighted by atomic mass is 9.84. The van der Waals surface area contributed by atoms with Gasteiger partial charge in [0.05, 0.1) is 5.69 Å². The molecule has 0 saturated heterocycles. The van der Waals surface area contributed by atoms with E-state index in [0.29, 0.717) is 11.5 Å². The topological polar surface area (TPSA) is 28.2 Å². The van der Waals surface area contributed by atoms with Crippen molar-refractivity contribution < 1.29 is 0 Å². The standard InChI is InChI=1S/C18H33N3/c1-7-11-18(5,13-19-15(2)3)14-21(6)12-17-10-8-9-16(4)20-17/h8-10,15,19H,7,11-14H2,1-6H3. The summed E-state index contributed by atoms with van der Waals surface area (Å²) in [5, 5.41) is 3.61. The van der Waals surface area contributed by atoms with Crippen molar-refractivity contribution in [3.05, 3.63) is 29.6 Å². The second kappa shape index (κ2) is 8.50. The Labute approximate surface area is 131 Å². The van der Waals surface area contributed by atoms with Gasteiger partial charge >= 0.3 is 0 Å². The fourth-order valence-electron chi connectivity index (χ4n) is 2.95. The molecule has 3 nitrogen and oxygen atoms in total. The number of aromatic nitrogens is 1. The number of nitrogens with zero attached hydrogens (tertiary/aromatic N) is 2. The second-order valence-corrected chi connectivity index (χ2v) is 7.04. The predicted octanol–water partition coefficient (Wildman–Crippen LogP) is 3.63. The van der Waals surface area contributed by atoms with Crippen molar-refractivity contribution in [2.45, 2.75) is 60.0 Å². The van der Waals surface area contributed by atoms with E-state index < -0.39 is 0 Å². The molecule has 1 heterocycles. The van der Waals surface area contributed by atoms with E-state index in [2.05, 4.69) is 75.1 Å². The third-order valence-electron chi connectivity index (χ3n) is 3.82. The highest BCUT2D eigenvalue weighted by atomic mass is 15.1. The van der Waals surface area contributed by atoms with Gasteiger partial charge in [0.25, 0.3) is 0 Å². The molecule has 1 rings (SSSR count). The van der Waals surface area contributed by atoms with Gasteiger partial charge in [-0.3, -0.25) is 9.88 Å². The third-order valence-corrected chi connectivity index (χ3v) is 3.82. The van der Waals surface area contributed by atoms with Crippen LogP contribution >= 0.6 is 0 Å². The van der Waals surface area contributed by atoms with Crippen LogP contribution in [0.3, 0.4) is 0 Å². The first-order valence-electron chi connectivity index (χ1n) is 8.19. The molecule has 120 valence electrons. The molecule has 0 aliphatic rings. The molecule has 0 amide bonds. The van der Waals surface area contributed by atoms with E-state index in [4.69, 9.17) is 0 Å². The minimum atomic E-state index is 0.317. The Hall–Kier alpha value is -0.930. The number of pyridine rings is 1. The molecular weight excluding hydrogens is 258 g/mol. The van der Waals surface area contributed by atoms with Crippen molar-refractivity contribution >= 4 is 0 Å². The van der Waals surface area contributed by atoms with Gasteiger partial charge in [-0.15, -0.1) is 0 Å². The van der Waals surface area contributed by atoms with Gasteiger partial charge in [-0.05, 0) is 37.9 Å². The molecule has 21 heavy (non-hydrogen) atoms. The average Bonchev–Trinajstić information content (AvgIpc) is 2.36. The minimum absolute atomic E-state index is 0.317. The van der Waals surface area contributed by atoms with E-state index in [1.165, 1.54) is 12.8 Å². The normalized spacial score (nSPS) is 14.7. The SMILES string of the molecule is CCCC(C)(CNC(C)C)CN(C)Cc1cccc(C)n1. The number of rotatable bonds is 9. The Morgan fingerprint density at radius 1 is 1.33 bits per heavy atom. The molecule has 0 aromatic carbocycles. The fraction of sp³-hybridized carbons (Fsp3) is 0.722. The van der Waals surface area contributed by atoms with Crippen LogP contribution in [0.25, 0.3) is 0 Å². The van der Waals surface area contributed by atoms with Crippen molar-refractivity contribution in [3.63, 3.8) is 0 Å². The van der Waals surface area contributed by atoms with Gasteiger partial charge in [0.15, 0.2) is 0 Å². The molecule has 1 aromatic rings. The van der Waals surface area contributed by atoms with Crippen molar-refractivity contribution in [1.82, 2.24) is 15.2 Å². The van der Waals surface area contributed by atoms with Gasteiger partial charge in [-0.25, -0.2) is 0 Å². The van der Waals surface area contributed by atoms with E-state index >= 15 is 0 Å². The van der Waals surface area contributed by atoms with Crippen LogP contribution in [0.5, 0.6) is 0 Å². The van der Waals surface area contributed by atoms with Crippen molar-refractivity contribution in [3.8, 4) is 0 Å². The minimum Gasteiger partial charge on any atom is -0.314 e. The Morgan fingerprint density at radius 3 is 2.62 bits per heavy atom. The van der Waals surface area contributed by atoms with E-state index in [-0.39, 0.29) is 0 Å². The lowest BCUT2D eigenvalue weighted by molar-refractivity contribution is 0.164. The number of nitrogens with one attached hydrogen (secondary N) is 1. The highest BCUT2D eigenvalue weighted by molar-refractivity contribution is 5.09. The molecule has 0 bridgehead atoms. The first-order chi connectivity index (χ1) is 9.84. The van der Waals surface area contributed by atoms with Crippen LogP contribution in [0.4, 0.5) is 0 Å².